The standard InChI is InChI=1S/C32H26ClNO4/c1-19(2)38-31(36)14-20-7-6-10-22(13-20)27-16-24-15-26(28(33)18-29(24)34-32(27)37)23-11-12-25(30(35)17-23)21-8-4-3-5-9-21/h3-13,15-19,35H,14H2,1-2H3,(H,34,37). The predicted octanol–water partition coefficient (Wildman–Crippen LogP) is 7.38. The predicted molar refractivity (Wildman–Crippen MR) is 152 cm³/mol. The summed E-state index contributed by atoms with van der Waals surface area (Å²) in [6.45, 7) is 3.62. The van der Waals surface area contributed by atoms with Crippen molar-refractivity contribution in [1.82, 2.24) is 4.98 Å². The number of phenols is 1. The Balaban J connectivity index is 1.53. The average molecular weight is 524 g/mol. The summed E-state index contributed by atoms with van der Waals surface area (Å²) in [5.41, 5.74) is 5.43. The van der Waals surface area contributed by atoms with Gasteiger partial charge >= 0.3 is 5.97 Å². The highest BCUT2D eigenvalue weighted by atomic mass is 35.5. The number of fused-ring (bicyclic) bond motifs is 1. The number of nitrogens with one attached hydrogen (secondary N) is 1. The van der Waals surface area contributed by atoms with Gasteiger partial charge in [0.25, 0.3) is 5.56 Å². The fraction of sp³-hybridized carbons (Fsp3) is 0.125. The molecule has 1 heterocycles. The highest BCUT2D eigenvalue weighted by molar-refractivity contribution is 6.34. The van der Waals surface area contributed by atoms with Crippen LogP contribution in [0.3, 0.4) is 0 Å². The van der Waals surface area contributed by atoms with Crippen LogP contribution in [0.5, 0.6) is 5.75 Å². The van der Waals surface area contributed by atoms with Gasteiger partial charge in [0.2, 0.25) is 0 Å². The van der Waals surface area contributed by atoms with Crippen LogP contribution in [0.2, 0.25) is 5.02 Å². The van der Waals surface area contributed by atoms with Crippen molar-refractivity contribution in [2.75, 3.05) is 0 Å². The van der Waals surface area contributed by atoms with Gasteiger partial charge in [-0.2, -0.15) is 0 Å². The number of aromatic nitrogens is 1. The zero-order valence-corrected chi connectivity index (χ0v) is 21.8. The van der Waals surface area contributed by atoms with E-state index >= 15 is 0 Å². The lowest BCUT2D eigenvalue weighted by atomic mass is 9.97. The van der Waals surface area contributed by atoms with Crippen LogP contribution in [0, 0.1) is 0 Å². The van der Waals surface area contributed by atoms with Gasteiger partial charge in [0, 0.05) is 22.2 Å². The summed E-state index contributed by atoms with van der Waals surface area (Å²) in [5, 5.41) is 12.0. The molecule has 0 aliphatic rings. The van der Waals surface area contributed by atoms with Crippen LogP contribution in [0.15, 0.2) is 95.8 Å². The second kappa shape index (κ2) is 10.6. The van der Waals surface area contributed by atoms with Crippen LogP contribution in [-0.2, 0) is 16.0 Å². The second-order valence-electron chi connectivity index (χ2n) is 9.45. The van der Waals surface area contributed by atoms with Crippen molar-refractivity contribution in [3.8, 4) is 39.1 Å². The van der Waals surface area contributed by atoms with Gasteiger partial charge < -0.3 is 14.8 Å². The molecular formula is C32H26ClNO4. The van der Waals surface area contributed by atoms with Crippen LogP contribution in [0.1, 0.15) is 19.4 Å². The minimum Gasteiger partial charge on any atom is -0.507 e. The van der Waals surface area contributed by atoms with Crippen molar-refractivity contribution >= 4 is 28.5 Å². The number of hydrogen-bond acceptors (Lipinski definition) is 4. The molecule has 190 valence electrons. The molecule has 0 radical (unpaired) electrons. The molecule has 4 aromatic carbocycles. The fourth-order valence-electron chi connectivity index (χ4n) is 4.55. The molecule has 38 heavy (non-hydrogen) atoms. The largest absolute Gasteiger partial charge is 0.507 e. The third kappa shape index (κ3) is 5.34. The highest BCUT2D eigenvalue weighted by Crippen LogP contribution is 2.37. The first-order valence-electron chi connectivity index (χ1n) is 12.3. The van der Waals surface area contributed by atoms with Crippen molar-refractivity contribution < 1.29 is 14.6 Å². The topological polar surface area (TPSA) is 79.4 Å². The summed E-state index contributed by atoms with van der Waals surface area (Å²) >= 11 is 6.61. The zero-order chi connectivity index (χ0) is 26.8. The van der Waals surface area contributed by atoms with Gasteiger partial charge in [-0.3, -0.25) is 9.59 Å². The molecule has 0 saturated carbocycles. The highest BCUT2D eigenvalue weighted by Gasteiger charge is 2.14. The molecule has 0 aliphatic heterocycles. The number of phenolic OH excluding ortho intramolecular Hbond substituents is 1. The molecule has 0 amide bonds. The van der Waals surface area contributed by atoms with Gasteiger partial charge in [-0.05, 0) is 65.8 Å². The lowest BCUT2D eigenvalue weighted by Gasteiger charge is -2.12. The number of ether oxygens (including phenoxy) is 1. The molecule has 5 aromatic rings. The Labute approximate surface area is 225 Å². The SMILES string of the molecule is CC(C)OC(=O)Cc1cccc(-c2cc3cc(-c4ccc(-c5ccccc5)c(O)c4)c(Cl)cc3[nH]c2=O)c1. The molecule has 6 heteroatoms. The number of halogens is 1. The number of aromatic hydroxyl groups is 1. The first-order chi connectivity index (χ1) is 18.3. The van der Waals surface area contributed by atoms with Gasteiger partial charge in [0.05, 0.1) is 17.5 Å². The summed E-state index contributed by atoms with van der Waals surface area (Å²) in [5.74, 6) is -0.162. The quantitative estimate of drug-likeness (QED) is 0.227. The van der Waals surface area contributed by atoms with Crippen molar-refractivity contribution in [2.45, 2.75) is 26.4 Å². The number of H-pyrrole nitrogens is 1. The van der Waals surface area contributed by atoms with E-state index in [1.165, 1.54) is 0 Å². The Morgan fingerprint density at radius 2 is 1.55 bits per heavy atom. The van der Waals surface area contributed by atoms with Crippen molar-refractivity contribution in [2.24, 2.45) is 0 Å². The molecule has 0 spiro atoms. The van der Waals surface area contributed by atoms with Gasteiger partial charge in [0.15, 0.2) is 0 Å². The number of rotatable bonds is 6. The number of hydrogen-bond donors (Lipinski definition) is 2. The normalized spacial score (nSPS) is 11.2. The molecule has 0 fully saturated rings. The van der Waals surface area contributed by atoms with E-state index in [1.54, 1.807) is 12.1 Å². The number of carbonyl (C=O) groups is 1. The number of esters is 1. The maximum atomic E-state index is 13.0. The fourth-order valence-corrected chi connectivity index (χ4v) is 4.82. The Morgan fingerprint density at radius 3 is 2.29 bits per heavy atom. The number of aromatic amines is 1. The van der Waals surface area contributed by atoms with Gasteiger partial charge in [-0.25, -0.2) is 0 Å². The van der Waals surface area contributed by atoms with Crippen molar-refractivity contribution in [3.05, 3.63) is 112 Å². The number of pyridine rings is 1. The van der Waals surface area contributed by atoms with Crippen LogP contribution in [-0.4, -0.2) is 22.2 Å². The van der Waals surface area contributed by atoms with Gasteiger partial charge in [0.1, 0.15) is 5.75 Å². The van der Waals surface area contributed by atoms with E-state index in [4.69, 9.17) is 16.3 Å². The van der Waals surface area contributed by atoms with Crippen LogP contribution >= 0.6 is 11.6 Å². The van der Waals surface area contributed by atoms with E-state index in [2.05, 4.69) is 4.98 Å². The molecule has 2 N–H and O–H groups in total. The summed E-state index contributed by atoms with van der Waals surface area (Å²) in [6.07, 6.45) is -0.0637. The lowest BCUT2D eigenvalue weighted by molar-refractivity contribution is -0.146. The maximum absolute atomic E-state index is 13.0. The Hall–Kier alpha value is -4.35. The van der Waals surface area contributed by atoms with Crippen LogP contribution in [0.25, 0.3) is 44.3 Å². The minimum atomic E-state index is -0.314. The Morgan fingerprint density at radius 1 is 0.842 bits per heavy atom. The first kappa shape index (κ1) is 25.3. The molecule has 0 unspecified atom stereocenters. The van der Waals surface area contributed by atoms with Crippen molar-refractivity contribution in [3.63, 3.8) is 0 Å². The summed E-state index contributed by atoms with van der Waals surface area (Å²) in [6, 6.07) is 27.9. The molecule has 5 nitrogen and oxygen atoms in total. The zero-order valence-electron chi connectivity index (χ0n) is 21.0. The summed E-state index contributed by atoms with van der Waals surface area (Å²) in [7, 11) is 0. The van der Waals surface area contributed by atoms with E-state index in [0.717, 1.165) is 33.2 Å². The maximum Gasteiger partial charge on any atom is 0.310 e. The monoisotopic (exact) mass is 523 g/mol. The second-order valence-corrected chi connectivity index (χ2v) is 9.85. The molecule has 5 rings (SSSR count). The summed E-state index contributed by atoms with van der Waals surface area (Å²) < 4.78 is 5.25. The van der Waals surface area contributed by atoms with E-state index in [0.29, 0.717) is 21.7 Å². The molecule has 0 saturated heterocycles. The average Bonchev–Trinajstić information content (AvgIpc) is 2.88. The first-order valence-corrected chi connectivity index (χ1v) is 12.7. The van der Waals surface area contributed by atoms with Gasteiger partial charge in [-0.15, -0.1) is 0 Å². The van der Waals surface area contributed by atoms with E-state index in [9.17, 15) is 14.7 Å². The minimum absolute atomic E-state index is 0.125. The Bertz CT molecular complexity index is 1710. The third-order valence-corrected chi connectivity index (χ3v) is 6.59. The third-order valence-electron chi connectivity index (χ3n) is 6.28. The van der Waals surface area contributed by atoms with E-state index in [1.807, 2.05) is 92.7 Å². The molecule has 1 aromatic heterocycles. The molecule has 0 bridgehead atoms. The molecular weight excluding hydrogens is 498 g/mol. The van der Waals surface area contributed by atoms with Gasteiger partial charge in [-0.1, -0.05) is 78.3 Å². The molecule has 0 aliphatic carbocycles. The number of carbonyl (C=O) groups excluding carboxylic acids is 1. The van der Waals surface area contributed by atoms with Crippen LogP contribution in [0.4, 0.5) is 0 Å². The summed E-state index contributed by atoms with van der Waals surface area (Å²) in [4.78, 5) is 28.0. The Kier molecular flexibility index (Phi) is 7.03. The smallest absolute Gasteiger partial charge is 0.310 e. The van der Waals surface area contributed by atoms with E-state index < -0.39 is 0 Å². The van der Waals surface area contributed by atoms with Crippen molar-refractivity contribution in [1.29, 1.82) is 0 Å². The number of benzene rings is 4. The lowest BCUT2D eigenvalue weighted by Crippen LogP contribution is -2.14. The molecule has 0 atom stereocenters. The van der Waals surface area contributed by atoms with E-state index in [-0.39, 0.29) is 29.8 Å². The van der Waals surface area contributed by atoms with Crippen LogP contribution < -0.4 is 5.56 Å².